The average Bonchev–Trinajstić information content (AvgIpc) is 2.21. The number of carbonyl (C=O) groups is 1. The van der Waals surface area contributed by atoms with E-state index in [0.717, 1.165) is 12.8 Å². The maximum atomic E-state index is 12.0. The number of nitrogens with two attached hydrogens (primary N) is 1. The van der Waals surface area contributed by atoms with E-state index in [-0.39, 0.29) is 18.6 Å². The van der Waals surface area contributed by atoms with Crippen LogP contribution >= 0.6 is 0 Å². The van der Waals surface area contributed by atoms with Gasteiger partial charge in [0.05, 0.1) is 5.41 Å². The zero-order chi connectivity index (χ0) is 11.9. The van der Waals surface area contributed by atoms with Gasteiger partial charge in [0.15, 0.2) is 0 Å². The van der Waals surface area contributed by atoms with E-state index in [9.17, 15) is 4.79 Å². The van der Waals surface area contributed by atoms with E-state index in [4.69, 9.17) is 10.8 Å². The fourth-order valence-corrected chi connectivity index (χ4v) is 1.60. The lowest BCUT2D eigenvalue weighted by atomic mass is 9.81. The van der Waals surface area contributed by atoms with Gasteiger partial charge in [0.2, 0.25) is 5.91 Å². The molecule has 0 spiro atoms. The quantitative estimate of drug-likeness (QED) is 0.584. The maximum Gasteiger partial charge on any atom is 0.227 e. The van der Waals surface area contributed by atoms with E-state index in [2.05, 4.69) is 5.32 Å². The molecule has 0 saturated heterocycles. The van der Waals surface area contributed by atoms with E-state index in [1.165, 1.54) is 0 Å². The predicted octanol–water partition coefficient (Wildman–Crippen LogP) is 0.639. The van der Waals surface area contributed by atoms with Crippen molar-refractivity contribution in [2.45, 2.75) is 46.1 Å². The summed E-state index contributed by atoms with van der Waals surface area (Å²) in [6.45, 7) is 6.31. The summed E-state index contributed by atoms with van der Waals surface area (Å²) in [4.78, 5) is 12.0. The second kappa shape index (κ2) is 6.80. The van der Waals surface area contributed by atoms with Crippen LogP contribution in [0.5, 0.6) is 0 Å². The molecule has 0 fully saturated rings. The number of aliphatic hydroxyl groups excluding tert-OH is 1. The normalized spacial score (nSPS) is 13.7. The molecule has 0 rings (SSSR count). The number of aliphatic hydroxyl groups is 1. The second-order valence-electron chi connectivity index (χ2n) is 4.08. The van der Waals surface area contributed by atoms with Crippen LogP contribution in [0.1, 0.15) is 40.0 Å². The highest BCUT2D eigenvalue weighted by Crippen LogP contribution is 2.25. The lowest BCUT2D eigenvalue weighted by molar-refractivity contribution is -0.131. The number of hydrogen-bond donors (Lipinski definition) is 3. The molecule has 0 heterocycles. The highest BCUT2D eigenvalue weighted by atomic mass is 16.3. The molecule has 0 radical (unpaired) electrons. The first-order chi connectivity index (χ1) is 7.06. The average molecular weight is 216 g/mol. The third kappa shape index (κ3) is 3.80. The zero-order valence-electron chi connectivity index (χ0n) is 10.0. The largest absolute Gasteiger partial charge is 0.396 e. The van der Waals surface area contributed by atoms with Gasteiger partial charge in [-0.15, -0.1) is 0 Å². The van der Waals surface area contributed by atoms with Gasteiger partial charge in [0.25, 0.3) is 0 Å². The van der Waals surface area contributed by atoms with Gasteiger partial charge in [-0.2, -0.15) is 0 Å². The number of amides is 1. The van der Waals surface area contributed by atoms with E-state index < -0.39 is 5.41 Å². The Bertz CT molecular complexity index is 183. The molecule has 1 unspecified atom stereocenters. The predicted molar refractivity (Wildman–Crippen MR) is 61.4 cm³/mol. The van der Waals surface area contributed by atoms with E-state index >= 15 is 0 Å². The summed E-state index contributed by atoms with van der Waals surface area (Å²) < 4.78 is 0. The molecule has 0 aromatic rings. The van der Waals surface area contributed by atoms with Crippen molar-refractivity contribution in [1.29, 1.82) is 0 Å². The lowest BCUT2D eigenvalue weighted by Crippen LogP contribution is -2.48. The minimum absolute atomic E-state index is 0.00604. The van der Waals surface area contributed by atoms with Crippen molar-refractivity contribution in [2.75, 3.05) is 13.2 Å². The zero-order valence-corrected chi connectivity index (χ0v) is 10.0. The Labute approximate surface area is 92.2 Å². The molecule has 0 bridgehead atoms. The Kier molecular flexibility index (Phi) is 6.52. The molecule has 0 saturated carbocycles. The summed E-state index contributed by atoms with van der Waals surface area (Å²) in [5.74, 6) is 0.0101. The van der Waals surface area contributed by atoms with Crippen LogP contribution in [-0.2, 0) is 4.79 Å². The molecule has 15 heavy (non-hydrogen) atoms. The van der Waals surface area contributed by atoms with Crippen molar-refractivity contribution in [3.63, 3.8) is 0 Å². The highest BCUT2D eigenvalue weighted by molar-refractivity contribution is 5.83. The van der Waals surface area contributed by atoms with E-state index in [1.807, 2.05) is 20.8 Å². The topological polar surface area (TPSA) is 75.4 Å². The van der Waals surface area contributed by atoms with Gasteiger partial charge in [-0.1, -0.05) is 13.8 Å². The summed E-state index contributed by atoms with van der Waals surface area (Å²) in [6.07, 6.45) is 2.08. The third-order valence-electron chi connectivity index (χ3n) is 3.17. The molecule has 4 heteroatoms. The molecule has 4 N–H and O–H groups in total. The molecule has 4 nitrogen and oxygen atoms in total. The number of rotatable bonds is 7. The smallest absolute Gasteiger partial charge is 0.227 e. The van der Waals surface area contributed by atoms with Gasteiger partial charge in [-0.05, 0) is 26.2 Å². The summed E-state index contributed by atoms with van der Waals surface area (Å²) in [5, 5.41) is 11.6. The molecule has 0 aromatic heterocycles. The van der Waals surface area contributed by atoms with Gasteiger partial charge in [-0.25, -0.2) is 0 Å². The Hall–Kier alpha value is -0.610. The minimum Gasteiger partial charge on any atom is -0.396 e. The number of carbonyl (C=O) groups excluding carboxylic acids is 1. The molecule has 1 atom stereocenters. The first-order valence-corrected chi connectivity index (χ1v) is 5.68. The van der Waals surface area contributed by atoms with Crippen LogP contribution in [0.4, 0.5) is 0 Å². The maximum absolute atomic E-state index is 12.0. The molecule has 0 aliphatic heterocycles. The molecular formula is C11H24N2O2. The van der Waals surface area contributed by atoms with Crippen LogP contribution in [0.15, 0.2) is 0 Å². The standard InChI is InChI=1S/C11H24N2O2/c1-4-11(5-2,8-12)10(15)13-9(3)6-7-14/h9,14H,4-8,12H2,1-3H3,(H,13,15). The Morgan fingerprint density at radius 2 is 2.00 bits per heavy atom. The molecule has 0 aromatic carbocycles. The second-order valence-corrected chi connectivity index (χ2v) is 4.08. The Morgan fingerprint density at radius 1 is 1.47 bits per heavy atom. The fraction of sp³-hybridized carbons (Fsp3) is 0.909. The first kappa shape index (κ1) is 14.4. The van der Waals surface area contributed by atoms with Crippen molar-refractivity contribution in [2.24, 2.45) is 11.1 Å². The Balaban J connectivity index is 4.38. The highest BCUT2D eigenvalue weighted by Gasteiger charge is 2.33. The third-order valence-corrected chi connectivity index (χ3v) is 3.17. The monoisotopic (exact) mass is 216 g/mol. The van der Waals surface area contributed by atoms with Crippen LogP contribution in [0.2, 0.25) is 0 Å². The molecule has 1 amide bonds. The minimum atomic E-state index is -0.441. The SMILES string of the molecule is CCC(CC)(CN)C(=O)NC(C)CCO. The van der Waals surface area contributed by atoms with Crippen LogP contribution < -0.4 is 11.1 Å². The van der Waals surface area contributed by atoms with Gasteiger partial charge in [-0.3, -0.25) is 4.79 Å². The van der Waals surface area contributed by atoms with Gasteiger partial charge in [0, 0.05) is 19.2 Å². The Morgan fingerprint density at radius 3 is 2.33 bits per heavy atom. The van der Waals surface area contributed by atoms with Crippen LogP contribution in [0, 0.1) is 5.41 Å². The number of nitrogens with one attached hydrogen (secondary N) is 1. The van der Waals surface area contributed by atoms with Crippen molar-refractivity contribution < 1.29 is 9.90 Å². The van der Waals surface area contributed by atoms with Gasteiger partial charge >= 0.3 is 0 Å². The van der Waals surface area contributed by atoms with Crippen molar-refractivity contribution in [1.82, 2.24) is 5.32 Å². The van der Waals surface area contributed by atoms with Crippen molar-refractivity contribution in [3.05, 3.63) is 0 Å². The lowest BCUT2D eigenvalue weighted by Gasteiger charge is -2.30. The summed E-state index contributed by atoms with van der Waals surface area (Å²) >= 11 is 0. The van der Waals surface area contributed by atoms with Gasteiger partial charge < -0.3 is 16.2 Å². The summed E-state index contributed by atoms with van der Waals surface area (Å²) in [7, 11) is 0. The molecule has 0 aliphatic rings. The fourth-order valence-electron chi connectivity index (χ4n) is 1.60. The van der Waals surface area contributed by atoms with E-state index in [1.54, 1.807) is 0 Å². The van der Waals surface area contributed by atoms with Crippen molar-refractivity contribution in [3.8, 4) is 0 Å². The first-order valence-electron chi connectivity index (χ1n) is 5.68. The van der Waals surface area contributed by atoms with Gasteiger partial charge in [0.1, 0.15) is 0 Å². The van der Waals surface area contributed by atoms with Crippen LogP contribution in [-0.4, -0.2) is 30.2 Å². The molecule has 0 aliphatic carbocycles. The van der Waals surface area contributed by atoms with Crippen LogP contribution in [0.3, 0.4) is 0 Å². The summed E-state index contributed by atoms with van der Waals surface area (Å²) in [5.41, 5.74) is 5.23. The molecule has 90 valence electrons. The number of hydrogen-bond acceptors (Lipinski definition) is 3. The molecular weight excluding hydrogens is 192 g/mol. The van der Waals surface area contributed by atoms with E-state index in [0.29, 0.717) is 13.0 Å². The van der Waals surface area contributed by atoms with Crippen LogP contribution in [0.25, 0.3) is 0 Å². The summed E-state index contributed by atoms with van der Waals surface area (Å²) in [6, 6.07) is 0.00604. The van der Waals surface area contributed by atoms with Crippen molar-refractivity contribution >= 4 is 5.91 Å².